The predicted octanol–water partition coefficient (Wildman–Crippen LogP) is 6.66. The third-order valence-electron chi connectivity index (χ3n) is 5.56. The average molecular weight is 474 g/mol. The first-order valence-corrected chi connectivity index (χ1v) is 11.6. The maximum atomic E-state index is 14.0. The second-order valence-corrected chi connectivity index (χ2v) is 9.04. The van der Waals surface area contributed by atoms with E-state index < -0.39 is 0 Å². The van der Waals surface area contributed by atoms with Crippen LogP contribution in [0.4, 0.5) is 5.13 Å². The van der Waals surface area contributed by atoms with Crippen LogP contribution in [0.3, 0.4) is 0 Å². The van der Waals surface area contributed by atoms with Gasteiger partial charge in [-0.05, 0) is 59.7 Å². The van der Waals surface area contributed by atoms with Crippen molar-refractivity contribution in [1.82, 2.24) is 9.97 Å². The Morgan fingerprint density at radius 2 is 1.82 bits per heavy atom. The molecule has 164 valence electrons. The van der Waals surface area contributed by atoms with Crippen LogP contribution in [-0.2, 0) is 6.54 Å². The number of nitrogens with zero attached hydrogens (tertiary/aromatic N) is 3. The van der Waals surface area contributed by atoms with Crippen molar-refractivity contribution < 1.29 is 9.53 Å². The van der Waals surface area contributed by atoms with Gasteiger partial charge in [-0.15, -0.1) is 0 Å². The maximum absolute atomic E-state index is 14.0. The molecule has 2 aromatic heterocycles. The van der Waals surface area contributed by atoms with Crippen molar-refractivity contribution in [2.75, 3.05) is 12.0 Å². The minimum atomic E-state index is -0.203. The highest BCUT2D eigenvalue weighted by atomic mass is 35.5. The molecule has 5 rings (SSSR count). The van der Waals surface area contributed by atoms with Gasteiger partial charge in [-0.1, -0.05) is 53.3 Å². The van der Waals surface area contributed by atoms with Crippen molar-refractivity contribution in [2.24, 2.45) is 0 Å². The summed E-state index contributed by atoms with van der Waals surface area (Å²) in [6.07, 6.45) is 1.72. The Hall–Kier alpha value is -3.48. The summed E-state index contributed by atoms with van der Waals surface area (Å²) < 4.78 is 6.58. The lowest BCUT2D eigenvalue weighted by molar-refractivity contribution is 0.0982. The summed E-state index contributed by atoms with van der Waals surface area (Å²) in [7, 11) is 1.58. The Morgan fingerprint density at radius 1 is 1.06 bits per heavy atom. The van der Waals surface area contributed by atoms with Crippen molar-refractivity contribution in [2.45, 2.75) is 13.5 Å². The number of amides is 1. The van der Waals surface area contributed by atoms with Crippen molar-refractivity contribution in [3.63, 3.8) is 0 Å². The molecule has 5 nitrogen and oxygen atoms in total. The summed E-state index contributed by atoms with van der Waals surface area (Å²) in [5.41, 5.74) is 2.93. The largest absolute Gasteiger partial charge is 0.496 e. The SMILES string of the molecule is COc1cc2ccccc2cc1C(=O)N(Cc1ccccn1)c1nc2c(C)c(Cl)ccc2s1. The van der Waals surface area contributed by atoms with Crippen molar-refractivity contribution >= 4 is 55.0 Å². The lowest BCUT2D eigenvalue weighted by atomic mass is 10.0. The lowest BCUT2D eigenvalue weighted by Crippen LogP contribution is -2.31. The number of halogens is 1. The van der Waals surface area contributed by atoms with Gasteiger partial charge in [0.1, 0.15) is 5.75 Å². The zero-order valence-electron chi connectivity index (χ0n) is 18.1. The molecule has 0 aliphatic rings. The van der Waals surface area contributed by atoms with Crippen molar-refractivity contribution in [3.8, 4) is 5.75 Å². The quantitative estimate of drug-likeness (QED) is 0.286. The van der Waals surface area contributed by atoms with Crippen LogP contribution < -0.4 is 9.64 Å². The molecule has 0 atom stereocenters. The number of anilines is 1. The Labute approximate surface area is 200 Å². The van der Waals surface area contributed by atoms with E-state index in [4.69, 9.17) is 21.3 Å². The van der Waals surface area contributed by atoms with Gasteiger partial charge in [-0.2, -0.15) is 0 Å². The highest BCUT2D eigenvalue weighted by Crippen LogP contribution is 2.36. The number of ether oxygens (including phenoxy) is 1. The van der Waals surface area contributed by atoms with Gasteiger partial charge in [0, 0.05) is 11.2 Å². The zero-order valence-corrected chi connectivity index (χ0v) is 19.7. The summed E-state index contributed by atoms with van der Waals surface area (Å²) in [6, 6.07) is 21.1. The second-order valence-electron chi connectivity index (χ2n) is 7.63. The van der Waals surface area contributed by atoms with Crippen LogP contribution in [0.1, 0.15) is 21.6 Å². The molecule has 0 aliphatic heterocycles. The highest BCUT2D eigenvalue weighted by molar-refractivity contribution is 7.22. The lowest BCUT2D eigenvalue weighted by Gasteiger charge is -2.21. The molecule has 33 heavy (non-hydrogen) atoms. The third-order valence-corrected chi connectivity index (χ3v) is 7.01. The zero-order chi connectivity index (χ0) is 22.9. The first kappa shape index (κ1) is 21.4. The van der Waals surface area contributed by atoms with E-state index in [9.17, 15) is 4.79 Å². The fourth-order valence-electron chi connectivity index (χ4n) is 3.79. The number of thiazole rings is 1. The second kappa shape index (κ2) is 8.81. The number of benzene rings is 3. The van der Waals surface area contributed by atoms with Crippen molar-refractivity contribution in [1.29, 1.82) is 0 Å². The molecule has 3 aromatic carbocycles. The number of methoxy groups -OCH3 is 1. The van der Waals surface area contributed by atoms with Crippen LogP contribution in [0.2, 0.25) is 5.02 Å². The molecule has 0 saturated heterocycles. The predicted molar refractivity (Wildman–Crippen MR) is 135 cm³/mol. The minimum absolute atomic E-state index is 0.203. The topological polar surface area (TPSA) is 55.3 Å². The highest BCUT2D eigenvalue weighted by Gasteiger charge is 2.26. The molecule has 1 amide bonds. The smallest absolute Gasteiger partial charge is 0.264 e. The molecule has 0 radical (unpaired) electrons. The molecule has 5 aromatic rings. The molecule has 0 fully saturated rings. The first-order chi connectivity index (χ1) is 16.0. The first-order valence-electron chi connectivity index (χ1n) is 10.4. The number of carbonyl (C=O) groups is 1. The molecule has 0 unspecified atom stereocenters. The van der Waals surface area contributed by atoms with Gasteiger partial charge in [0.05, 0.1) is 35.1 Å². The van der Waals surface area contributed by atoms with Gasteiger partial charge < -0.3 is 4.74 Å². The summed E-state index contributed by atoms with van der Waals surface area (Å²) in [5, 5.41) is 3.21. The van der Waals surface area contributed by atoms with Gasteiger partial charge in [0.25, 0.3) is 5.91 Å². The molecule has 0 saturated carbocycles. The number of hydrogen-bond acceptors (Lipinski definition) is 5. The Morgan fingerprint density at radius 3 is 2.55 bits per heavy atom. The van der Waals surface area contributed by atoms with E-state index in [0.717, 1.165) is 32.2 Å². The van der Waals surface area contributed by atoms with Gasteiger partial charge in [-0.25, -0.2) is 4.98 Å². The number of carbonyl (C=O) groups excluding carboxylic acids is 1. The summed E-state index contributed by atoms with van der Waals surface area (Å²) >= 11 is 7.77. The Balaban J connectivity index is 1.65. The minimum Gasteiger partial charge on any atom is -0.496 e. The molecule has 0 N–H and O–H groups in total. The normalized spacial score (nSPS) is 11.1. The number of rotatable bonds is 5. The standard InChI is InChI=1S/C26H20ClN3O2S/c1-16-21(27)10-11-23-24(16)29-26(33-23)30(15-19-9-5-6-12-28-19)25(31)20-13-17-7-3-4-8-18(17)14-22(20)32-2/h3-14H,15H2,1-2H3. The molecule has 0 bridgehead atoms. The average Bonchev–Trinajstić information content (AvgIpc) is 3.29. The van der Waals surface area contributed by atoms with Crippen LogP contribution in [0, 0.1) is 6.92 Å². The van der Waals surface area contributed by atoms with E-state index in [1.165, 1.54) is 11.3 Å². The van der Waals surface area contributed by atoms with Crippen LogP contribution in [0.25, 0.3) is 21.0 Å². The summed E-state index contributed by atoms with van der Waals surface area (Å²) in [4.78, 5) is 24.9. The fourth-order valence-corrected chi connectivity index (χ4v) is 4.96. The molecule has 2 heterocycles. The number of hydrogen-bond donors (Lipinski definition) is 0. The van der Waals surface area contributed by atoms with E-state index in [0.29, 0.717) is 21.5 Å². The van der Waals surface area contributed by atoms with Gasteiger partial charge in [0.15, 0.2) is 5.13 Å². The van der Waals surface area contributed by atoms with E-state index in [2.05, 4.69) is 4.98 Å². The molecule has 7 heteroatoms. The van der Waals surface area contributed by atoms with E-state index in [1.807, 2.05) is 73.7 Å². The van der Waals surface area contributed by atoms with Gasteiger partial charge in [-0.3, -0.25) is 14.7 Å². The van der Waals surface area contributed by atoms with Gasteiger partial charge in [0.2, 0.25) is 0 Å². The summed E-state index contributed by atoms with van der Waals surface area (Å²) in [5.74, 6) is 0.316. The van der Waals surface area contributed by atoms with E-state index in [-0.39, 0.29) is 12.5 Å². The Kier molecular flexibility index (Phi) is 5.70. The molecule has 0 spiro atoms. The van der Waals surface area contributed by atoms with Crippen molar-refractivity contribution in [3.05, 3.63) is 94.8 Å². The fraction of sp³-hybridized carbons (Fsp3) is 0.115. The monoisotopic (exact) mass is 473 g/mol. The molecule has 0 aliphatic carbocycles. The number of pyridine rings is 1. The maximum Gasteiger partial charge on any atom is 0.264 e. The number of aryl methyl sites for hydroxylation is 1. The van der Waals surface area contributed by atoms with Crippen LogP contribution in [0.15, 0.2) is 72.9 Å². The van der Waals surface area contributed by atoms with Crippen LogP contribution >= 0.6 is 22.9 Å². The number of aromatic nitrogens is 2. The van der Waals surface area contributed by atoms with E-state index in [1.54, 1.807) is 18.2 Å². The van der Waals surface area contributed by atoms with Crippen LogP contribution in [0.5, 0.6) is 5.75 Å². The molecular formula is C26H20ClN3O2S. The summed E-state index contributed by atoms with van der Waals surface area (Å²) in [6.45, 7) is 2.22. The Bertz CT molecular complexity index is 1480. The molecular weight excluding hydrogens is 454 g/mol. The third kappa shape index (κ3) is 4.03. The van der Waals surface area contributed by atoms with Gasteiger partial charge >= 0.3 is 0 Å². The van der Waals surface area contributed by atoms with E-state index >= 15 is 0 Å². The number of fused-ring (bicyclic) bond motifs is 2. The van der Waals surface area contributed by atoms with Crippen LogP contribution in [-0.4, -0.2) is 23.0 Å².